The van der Waals surface area contributed by atoms with E-state index in [0.717, 1.165) is 5.56 Å². The number of hydrogen-bond donors (Lipinski definition) is 1. The summed E-state index contributed by atoms with van der Waals surface area (Å²) in [6.07, 6.45) is 0.181. The van der Waals surface area contributed by atoms with E-state index in [1.165, 1.54) is 7.11 Å². The maximum absolute atomic E-state index is 11.6. The Morgan fingerprint density at radius 3 is 2.83 bits per heavy atom. The monoisotopic (exact) mass is 271 g/mol. The number of carbonyl (C=O) groups is 2. The molecule has 0 spiro atoms. The van der Waals surface area contributed by atoms with E-state index in [9.17, 15) is 9.59 Å². The van der Waals surface area contributed by atoms with Crippen LogP contribution >= 0.6 is 12.4 Å². The van der Waals surface area contributed by atoms with Crippen LogP contribution in [0.3, 0.4) is 0 Å². The first-order chi connectivity index (χ1) is 8.22. The second-order valence-corrected chi connectivity index (χ2v) is 3.70. The van der Waals surface area contributed by atoms with Crippen molar-refractivity contribution in [1.82, 2.24) is 5.32 Å². The van der Waals surface area contributed by atoms with E-state index < -0.39 is 12.1 Å². The fraction of sp³-hybridized carbons (Fsp3) is 0.333. The molecule has 1 amide bonds. The van der Waals surface area contributed by atoms with Crippen LogP contribution < -0.4 is 5.32 Å². The van der Waals surface area contributed by atoms with Crippen LogP contribution in [0.4, 0.5) is 4.79 Å². The van der Waals surface area contributed by atoms with Gasteiger partial charge in [-0.15, -0.1) is 12.4 Å². The highest BCUT2D eigenvalue weighted by molar-refractivity contribution is 5.91. The molecule has 1 aliphatic rings. The van der Waals surface area contributed by atoms with E-state index in [0.29, 0.717) is 18.6 Å². The van der Waals surface area contributed by atoms with Crippen LogP contribution in [-0.2, 0) is 9.47 Å². The lowest BCUT2D eigenvalue weighted by atomic mass is 9.98. The summed E-state index contributed by atoms with van der Waals surface area (Å²) in [6.45, 7) is 0.353. The first-order valence-corrected chi connectivity index (χ1v) is 5.33. The Kier molecular flexibility index (Phi) is 4.97. The zero-order valence-electron chi connectivity index (χ0n) is 9.84. The Bertz CT molecular complexity index is 449. The number of cyclic esters (lactones) is 1. The Labute approximate surface area is 111 Å². The van der Waals surface area contributed by atoms with Crippen molar-refractivity contribution in [1.29, 1.82) is 0 Å². The average Bonchev–Trinajstić information content (AvgIpc) is 2.38. The number of ether oxygens (including phenoxy) is 2. The lowest BCUT2D eigenvalue weighted by Gasteiger charge is -2.24. The molecular formula is C12H14ClNO4. The van der Waals surface area contributed by atoms with E-state index in [1.54, 1.807) is 12.1 Å². The van der Waals surface area contributed by atoms with Crippen molar-refractivity contribution in [3.63, 3.8) is 0 Å². The number of carbonyl (C=O) groups excluding carboxylic acids is 2. The van der Waals surface area contributed by atoms with Gasteiger partial charge < -0.3 is 14.8 Å². The fourth-order valence-corrected chi connectivity index (χ4v) is 1.86. The molecule has 1 aliphatic heterocycles. The van der Waals surface area contributed by atoms with Gasteiger partial charge in [-0.05, 0) is 11.6 Å². The third-order valence-electron chi connectivity index (χ3n) is 2.67. The number of nitrogens with one attached hydrogen (secondary N) is 1. The summed E-state index contributed by atoms with van der Waals surface area (Å²) in [7, 11) is 1.33. The summed E-state index contributed by atoms with van der Waals surface area (Å²) in [6, 6.07) is 6.87. The van der Waals surface area contributed by atoms with Gasteiger partial charge in [0.05, 0.1) is 25.3 Å². The van der Waals surface area contributed by atoms with Gasteiger partial charge in [0.15, 0.2) is 0 Å². The van der Waals surface area contributed by atoms with Crippen molar-refractivity contribution in [2.45, 2.75) is 12.5 Å². The number of methoxy groups -OCH3 is 1. The topological polar surface area (TPSA) is 64.6 Å². The van der Waals surface area contributed by atoms with Crippen LogP contribution in [0.1, 0.15) is 28.4 Å². The Balaban J connectivity index is 0.00000162. The number of hydrogen-bond acceptors (Lipinski definition) is 4. The van der Waals surface area contributed by atoms with Gasteiger partial charge in [0, 0.05) is 6.42 Å². The fourth-order valence-electron chi connectivity index (χ4n) is 1.86. The minimum atomic E-state index is -0.457. The van der Waals surface area contributed by atoms with Crippen molar-refractivity contribution in [2.24, 2.45) is 0 Å². The molecule has 1 aromatic rings. The highest BCUT2D eigenvalue weighted by Gasteiger charge is 2.24. The van der Waals surface area contributed by atoms with Crippen molar-refractivity contribution < 1.29 is 19.1 Å². The Morgan fingerprint density at radius 2 is 2.17 bits per heavy atom. The van der Waals surface area contributed by atoms with Crippen molar-refractivity contribution >= 4 is 24.5 Å². The largest absolute Gasteiger partial charge is 0.465 e. The summed E-state index contributed by atoms with van der Waals surface area (Å²) >= 11 is 0. The standard InChI is InChI=1S/C12H13NO4.ClH/c1-16-11(14)9-5-3-2-4-8(9)10-6-7-17-12(15)13-10;/h2-5,10H,6-7H2,1H3,(H,13,15);1H/t10-;/m0./s1. The SMILES string of the molecule is COC(=O)c1ccccc1[C@@H]1CCOC(=O)N1.Cl. The maximum Gasteiger partial charge on any atom is 0.407 e. The lowest BCUT2D eigenvalue weighted by Crippen LogP contribution is -2.36. The molecule has 2 rings (SSSR count). The molecule has 0 unspecified atom stereocenters. The van der Waals surface area contributed by atoms with Gasteiger partial charge in [-0.3, -0.25) is 0 Å². The van der Waals surface area contributed by atoms with Gasteiger partial charge in [0.1, 0.15) is 0 Å². The molecule has 1 heterocycles. The van der Waals surface area contributed by atoms with Crippen molar-refractivity contribution in [3.05, 3.63) is 35.4 Å². The first-order valence-electron chi connectivity index (χ1n) is 5.33. The van der Waals surface area contributed by atoms with Crippen LogP contribution in [-0.4, -0.2) is 25.8 Å². The van der Waals surface area contributed by atoms with Gasteiger partial charge >= 0.3 is 12.1 Å². The van der Waals surface area contributed by atoms with Gasteiger partial charge in [-0.2, -0.15) is 0 Å². The van der Waals surface area contributed by atoms with E-state index in [-0.39, 0.29) is 18.4 Å². The van der Waals surface area contributed by atoms with E-state index in [1.807, 2.05) is 12.1 Å². The second-order valence-electron chi connectivity index (χ2n) is 3.70. The minimum Gasteiger partial charge on any atom is -0.465 e. The molecule has 0 aromatic heterocycles. The molecule has 0 aliphatic carbocycles. The Morgan fingerprint density at radius 1 is 1.44 bits per heavy atom. The van der Waals surface area contributed by atoms with E-state index in [4.69, 9.17) is 9.47 Å². The highest BCUT2D eigenvalue weighted by Crippen LogP contribution is 2.24. The molecular weight excluding hydrogens is 258 g/mol. The third kappa shape index (κ3) is 2.92. The maximum atomic E-state index is 11.6. The molecule has 5 nitrogen and oxygen atoms in total. The van der Waals surface area contributed by atoms with Crippen LogP contribution in [0.15, 0.2) is 24.3 Å². The molecule has 1 N–H and O–H groups in total. The zero-order chi connectivity index (χ0) is 12.3. The van der Waals surface area contributed by atoms with Crippen molar-refractivity contribution in [3.8, 4) is 0 Å². The predicted molar refractivity (Wildman–Crippen MR) is 66.9 cm³/mol. The summed E-state index contributed by atoms with van der Waals surface area (Å²) in [4.78, 5) is 22.7. The normalized spacial score (nSPS) is 18.1. The van der Waals surface area contributed by atoms with E-state index in [2.05, 4.69) is 5.32 Å². The van der Waals surface area contributed by atoms with Gasteiger partial charge in [0.25, 0.3) is 0 Å². The number of esters is 1. The van der Waals surface area contributed by atoms with Crippen LogP contribution in [0.25, 0.3) is 0 Å². The van der Waals surface area contributed by atoms with Crippen LogP contribution in [0, 0.1) is 0 Å². The molecule has 1 fully saturated rings. The molecule has 1 atom stereocenters. The first kappa shape index (κ1) is 14.3. The number of alkyl carbamates (subject to hydrolysis) is 1. The molecule has 1 saturated heterocycles. The molecule has 0 bridgehead atoms. The smallest absolute Gasteiger partial charge is 0.407 e. The highest BCUT2D eigenvalue weighted by atomic mass is 35.5. The number of amides is 1. The van der Waals surface area contributed by atoms with Gasteiger partial charge in [0.2, 0.25) is 0 Å². The summed E-state index contributed by atoms with van der Waals surface area (Å²) < 4.78 is 9.50. The zero-order valence-corrected chi connectivity index (χ0v) is 10.7. The molecule has 98 valence electrons. The summed E-state index contributed by atoms with van der Waals surface area (Å²) in [5.74, 6) is -0.402. The number of halogens is 1. The number of benzene rings is 1. The molecule has 0 radical (unpaired) electrons. The second kappa shape index (κ2) is 6.26. The predicted octanol–water partition coefficient (Wildman–Crippen LogP) is 2.07. The number of rotatable bonds is 2. The average molecular weight is 272 g/mol. The molecule has 18 heavy (non-hydrogen) atoms. The summed E-state index contributed by atoms with van der Waals surface area (Å²) in [5, 5.41) is 2.68. The van der Waals surface area contributed by atoms with E-state index >= 15 is 0 Å². The molecule has 6 heteroatoms. The van der Waals surface area contributed by atoms with Crippen molar-refractivity contribution in [2.75, 3.05) is 13.7 Å². The van der Waals surface area contributed by atoms with Gasteiger partial charge in [-0.1, -0.05) is 18.2 Å². The third-order valence-corrected chi connectivity index (χ3v) is 2.67. The Hall–Kier alpha value is -1.75. The molecule has 0 saturated carbocycles. The quantitative estimate of drug-likeness (QED) is 0.837. The molecule has 1 aromatic carbocycles. The van der Waals surface area contributed by atoms with Crippen LogP contribution in [0.5, 0.6) is 0 Å². The van der Waals surface area contributed by atoms with Gasteiger partial charge in [-0.25, -0.2) is 9.59 Å². The minimum absolute atomic E-state index is 0. The summed E-state index contributed by atoms with van der Waals surface area (Å²) in [5.41, 5.74) is 1.23. The lowest BCUT2D eigenvalue weighted by molar-refractivity contribution is 0.0596. The van der Waals surface area contributed by atoms with Crippen LogP contribution in [0.2, 0.25) is 0 Å².